The van der Waals surface area contributed by atoms with Gasteiger partial charge < -0.3 is 19.7 Å². The van der Waals surface area contributed by atoms with E-state index in [9.17, 15) is 14.7 Å². The van der Waals surface area contributed by atoms with Gasteiger partial charge in [0.25, 0.3) is 5.56 Å². The van der Waals surface area contributed by atoms with Crippen molar-refractivity contribution in [2.75, 3.05) is 26.2 Å². The first-order valence-corrected chi connectivity index (χ1v) is 9.03. The fourth-order valence-corrected chi connectivity index (χ4v) is 3.34. The molecule has 0 spiro atoms. The van der Waals surface area contributed by atoms with Crippen molar-refractivity contribution in [1.29, 1.82) is 0 Å². The number of aromatic hydroxyl groups is 1. The Bertz CT molecular complexity index is 899. The molecular formula is C20H25N3O4. The second-order valence-corrected chi connectivity index (χ2v) is 7.10. The molecule has 7 nitrogen and oxygen atoms in total. The van der Waals surface area contributed by atoms with Gasteiger partial charge in [0.2, 0.25) is 0 Å². The first-order valence-electron chi connectivity index (χ1n) is 9.03. The second-order valence-electron chi connectivity index (χ2n) is 7.10. The highest BCUT2D eigenvalue weighted by molar-refractivity contribution is 5.65. The molecule has 2 N–H and O–H groups in total. The minimum absolute atomic E-state index is 0.233. The maximum absolute atomic E-state index is 12.6. The van der Waals surface area contributed by atoms with E-state index in [1.807, 2.05) is 30.9 Å². The Kier molecular flexibility index (Phi) is 5.51. The number of rotatable bonds is 4. The number of hydrogen-bond donors (Lipinski definition) is 2. The van der Waals surface area contributed by atoms with Gasteiger partial charge in [0, 0.05) is 44.5 Å². The monoisotopic (exact) mass is 371 g/mol. The molecule has 1 aromatic heterocycles. The molecule has 0 aliphatic carbocycles. The molecule has 1 fully saturated rings. The van der Waals surface area contributed by atoms with Gasteiger partial charge in [0.05, 0.1) is 6.54 Å². The van der Waals surface area contributed by atoms with Gasteiger partial charge in [-0.25, -0.2) is 4.79 Å². The van der Waals surface area contributed by atoms with Crippen molar-refractivity contribution in [3.8, 4) is 5.75 Å². The van der Waals surface area contributed by atoms with E-state index < -0.39 is 11.7 Å². The Morgan fingerprint density at radius 1 is 1.04 bits per heavy atom. The summed E-state index contributed by atoms with van der Waals surface area (Å²) in [7, 11) is 0. The average Bonchev–Trinajstić information content (AvgIpc) is 2.64. The number of carbonyl (C=O) groups is 1. The average molecular weight is 371 g/mol. The van der Waals surface area contributed by atoms with Gasteiger partial charge in [-0.05, 0) is 31.0 Å². The Hall–Kier alpha value is -2.80. The van der Waals surface area contributed by atoms with E-state index >= 15 is 0 Å². The summed E-state index contributed by atoms with van der Waals surface area (Å²) in [5.74, 6) is -0.233. The maximum Gasteiger partial charge on any atom is 0.407 e. The molecule has 1 amide bonds. The van der Waals surface area contributed by atoms with E-state index in [2.05, 4.69) is 6.07 Å². The van der Waals surface area contributed by atoms with Crippen molar-refractivity contribution in [2.24, 2.45) is 0 Å². The third-order valence-corrected chi connectivity index (χ3v) is 5.11. The number of carboxylic acid groups (broad SMARTS) is 1. The van der Waals surface area contributed by atoms with Gasteiger partial charge in [-0.1, -0.05) is 23.8 Å². The summed E-state index contributed by atoms with van der Waals surface area (Å²) in [5, 5.41) is 19.4. The van der Waals surface area contributed by atoms with E-state index in [1.54, 1.807) is 12.3 Å². The SMILES string of the molecule is Cc1ccc(C)c(Cn2ccc(CN3CCN(C(=O)O)CC3)c(O)c2=O)c1. The highest BCUT2D eigenvalue weighted by atomic mass is 16.4. The number of pyridine rings is 1. The van der Waals surface area contributed by atoms with Gasteiger partial charge in [-0.2, -0.15) is 0 Å². The van der Waals surface area contributed by atoms with E-state index in [0.29, 0.717) is 44.8 Å². The minimum Gasteiger partial charge on any atom is -0.503 e. The van der Waals surface area contributed by atoms with Crippen LogP contribution < -0.4 is 5.56 Å². The lowest BCUT2D eigenvalue weighted by Gasteiger charge is -2.33. The molecule has 0 atom stereocenters. The molecule has 7 heteroatoms. The number of hydrogen-bond acceptors (Lipinski definition) is 4. The number of aryl methyl sites for hydroxylation is 2. The van der Waals surface area contributed by atoms with Crippen LogP contribution in [0.3, 0.4) is 0 Å². The summed E-state index contributed by atoms with van der Waals surface area (Å²) in [6, 6.07) is 7.88. The third-order valence-electron chi connectivity index (χ3n) is 5.11. The Labute approximate surface area is 158 Å². The lowest BCUT2D eigenvalue weighted by atomic mass is 10.1. The number of amides is 1. The summed E-state index contributed by atoms with van der Waals surface area (Å²) in [4.78, 5) is 27.0. The molecule has 1 aliphatic heterocycles. The molecule has 0 unspecified atom stereocenters. The third kappa shape index (κ3) is 4.31. The summed E-state index contributed by atoms with van der Waals surface area (Å²) < 4.78 is 1.52. The predicted molar refractivity (Wildman–Crippen MR) is 102 cm³/mol. The Morgan fingerprint density at radius 2 is 1.74 bits per heavy atom. The lowest BCUT2D eigenvalue weighted by molar-refractivity contribution is 0.102. The van der Waals surface area contributed by atoms with Crippen LogP contribution in [0.1, 0.15) is 22.3 Å². The number of piperazine rings is 1. The zero-order chi connectivity index (χ0) is 19.6. The largest absolute Gasteiger partial charge is 0.503 e. The van der Waals surface area contributed by atoms with Crippen LogP contribution >= 0.6 is 0 Å². The topological polar surface area (TPSA) is 86.0 Å². The van der Waals surface area contributed by atoms with E-state index in [-0.39, 0.29) is 5.75 Å². The number of benzene rings is 1. The minimum atomic E-state index is -0.911. The molecule has 1 aromatic carbocycles. The molecule has 27 heavy (non-hydrogen) atoms. The van der Waals surface area contributed by atoms with Crippen molar-refractivity contribution >= 4 is 6.09 Å². The summed E-state index contributed by atoms with van der Waals surface area (Å²) in [5.41, 5.74) is 3.45. The fourth-order valence-electron chi connectivity index (χ4n) is 3.34. The number of nitrogens with zero attached hydrogens (tertiary/aromatic N) is 3. The van der Waals surface area contributed by atoms with E-state index in [0.717, 1.165) is 16.7 Å². The van der Waals surface area contributed by atoms with E-state index in [4.69, 9.17) is 5.11 Å². The second kappa shape index (κ2) is 7.84. The van der Waals surface area contributed by atoms with Crippen LogP contribution in [0.4, 0.5) is 4.79 Å². The van der Waals surface area contributed by atoms with Crippen molar-refractivity contribution < 1.29 is 15.0 Å². The molecule has 2 aromatic rings. The van der Waals surface area contributed by atoms with Crippen LogP contribution in [0.2, 0.25) is 0 Å². The molecule has 1 aliphatic rings. The van der Waals surface area contributed by atoms with Gasteiger partial charge in [0.15, 0.2) is 5.75 Å². The maximum atomic E-state index is 12.6. The van der Waals surface area contributed by atoms with Crippen LogP contribution in [0.25, 0.3) is 0 Å². The van der Waals surface area contributed by atoms with Crippen molar-refractivity contribution in [2.45, 2.75) is 26.9 Å². The highest BCUT2D eigenvalue weighted by Gasteiger charge is 2.21. The first kappa shape index (κ1) is 19.0. The number of aromatic nitrogens is 1. The quantitative estimate of drug-likeness (QED) is 0.859. The van der Waals surface area contributed by atoms with Crippen molar-refractivity contribution in [3.63, 3.8) is 0 Å². The summed E-state index contributed by atoms with van der Waals surface area (Å²) in [6.07, 6.45) is 0.804. The van der Waals surface area contributed by atoms with Crippen LogP contribution in [-0.2, 0) is 13.1 Å². The Morgan fingerprint density at radius 3 is 2.41 bits per heavy atom. The van der Waals surface area contributed by atoms with Crippen molar-refractivity contribution in [1.82, 2.24) is 14.4 Å². The molecule has 0 bridgehead atoms. The molecule has 0 saturated carbocycles. The Balaban J connectivity index is 1.73. The zero-order valence-electron chi connectivity index (χ0n) is 15.7. The van der Waals surface area contributed by atoms with E-state index in [1.165, 1.54) is 9.47 Å². The first-order chi connectivity index (χ1) is 12.8. The van der Waals surface area contributed by atoms with Crippen LogP contribution in [-0.4, -0.2) is 56.9 Å². The normalized spacial score (nSPS) is 15.1. The summed E-state index contributed by atoms with van der Waals surface area (Å²) >= 11 is 0. The lowest BCUT2D eigenvalue weighted by Crippen LogP contribution is -2.47. The molecular weight excluding hydrogens is 346 g/mol. The standard InChI is InChI=1S/C20H25N3O4/c1-14-3-4-15(2)17(11-14)13-23-6-5-16(18(24)19(23)25)12-21-7-9-22(10-8-21)20(26)27/h3-6,11,24H,7-10,12-13H2,1-2H3,(H,26,27). The van der Waals surface area contributed by atoms with Gasteiger partial charge in [-0.3, -0.25) is 9.69 Å². The highest BCUT2D eigenvalue weighted by Crippen LogP contribution is 2.17. The molecule has 0 radical (unpaired) electrons. The fraction of sp³-hybridized carbons (Fsp3) is 0.400. The van der Waals surface area contributed by atoms with Crippen molar-refractivity contribution in [3.05, 3.63) is 63.1 Å². The summed E-state index contributed by atoms with van der Waals surface area (Å²) in [6.45, 7) is 6.88. The van der Waals surface area contributed by atoms with Gasteiger partial charge >= 0.3 is 6.09 Å². The molecule has 1 saturated heterocycles. The smallest absolute Gasteiger partial charge is 0.407 e. The van der Waals surface area contributed by atoms with Crippen LogP contribution in [0.15, 0.2) is 35.3 Å². The predicted octanol–water partition coefficient (Wildman–Crippen LogP) is 2.01. The zero-order valence-corrected chi connectivity index (χ0v) is 15.7. The molecule has 3 rings (SSSR count). The van der Waals surface area contributed by atoms with Gasteiger partial charge in [-0.15, -0.1) is 0 Å². The molecule has 2 heterocycles. The van der Waals surface area contributed by atoms with Crippen LogP contribution in [0, 0.1) is 13.8 Å². The molecule has 144 valence electrons. The van der Waals surface area contributed by atoms with Crippen LogP contribution in [0.5, 0.6) is 5.75 Å². The van der Waals surface area contributed by atoms with Gasteiger partial charge in [0.1, 0.15) is 0 Å².